The maximum Gasteiger partial charge on any atom is 0.501 e. The second-order valence-corrected chi connectivity index (χ2v) is 8.81. The molecule has 1 N–H and O–H groups in total. The van der Waals surface area contributed by atoms with Gasteiger partial charge in [0, 0.05) is 18.2 Å². The van der Waals surface area contributed by atoms with E-state index < -0.39 is 38.4 Å². The van der Waals surface area contributed by atoms with Crippen molar-refractivity contribution in [3.63, 3.8) is 0 Å². The molecule has 0 aliphatic carbocycles. The summed E-state index contributed by atoms with van der Waals surface area (Å²) in [5, 5.41) is 2.62. The van der Waals surface area contributed by atoms with E-state index in [1.807, 2.05) is 0 Å². The number of Topliss-reactive ketones (excluding diaryl/α,β-unsaturated/α-hetero) is 1. The zero-order valence-corrected chi connectivity index (χ0v) is 17.5. The number of amides is 1. The standard InChI is InChI=1S/C22H17F3N2O4S/c1-14-6-2-3-9-17(14)21(29)27-18-10-5-11-26-20(18)19(28)13-15-7-4-8-16(12-15)32(30,31)22(23,24)25/h2-12H,13H2,1H3,(H,27,29). The SMILES string of the molecule is Cc1ccccc1C(=O)Nc1cccnc1C(=O)Cc1cccc(S(=O)(=O)C(F)(F)F)c1. The number of aryl methyl sites for hydroxylation is 1. The van der Waals surface area contributed by atoms with E-state index in [1.54, 1.807) is 31.2 Å². The summed E-state index contributed by atoms with van der Waals surface area (Å²) < 4.78 is 61.7. The maximum absolute atomic E-state index is 12.8. The first kappa shape index (κ1) is 23.1. The molecule has 0 bridgehead atoms. The van der Waals surface area contributed by atoms with Crippen LogP contribution in [0.25, 0.3) is 0 Å². The van der Waals surface area contributed by atoms with Crippen LogP contribution < -0.4 is 5.32 Å². The smallest absolute Gasteiger partial charge is 0.320 e. The number of ketones is 1. The topological polar surface area (TPSA) is 93.2 Å². The fourth-order valence-corrected chi connectivity index (χ4v) is 3.80. The highest BCUT2D eigenvalue weighted by Gasteiger charge is 2.46. The Morgan fingerprint density at radius 3 is 2.41 bits per heavy atom. The first-order valence-electron chi connectivity index (χ1n) is 9.26. The van der Waals surface area contributed by atoms with Gasteiger partial charge in [0.25, 0.3) is 15.7 Å². The second kappa shape index (κ2) is 8.91. The molecule has 0 aliphatic rings. The average molecular weight is 462 g/mol. The molecule has 0 atom stereocenters. The van der Waals surface area contributed by atoms with Crippen LogP contribution in [0.1, 0.15) is 32.0 Å². The van der Waals surface area contributed by atoms with Crippen molar-refractivity contribution in [2.45, 2.75) is 23.7 Å². The van der Waals surface area contributed by atoms with Crippen LogP contribution in [0.3, 0.4) is 0 Å². The molecule has 3 aromatic rings. The molecule has 0 aliphatic heterocycles. The van der Waals surface area contributed by atoms with Crippen LogP contribution in [-0.4, -0.2) is 30.6 Å². The predicted octanol–water partition coefficient (Wildman–Crippen LogP) is 4.36. The molecule has 0 fully saturated rings. The van der Waals surface area contributed by atoms with E-state index in [-0.39, 0.29) is 16.9 Å². The average Bonchev–Trinajstić information content (AvgIpc) is 2.73. The summed E-state index contributed by atoms with van der Waals surface area (Å²) in [7, 11) is -5.54. The molecule has 166 valence electrons. The van der Waals surface area contributed by atoms with E-state index in [0.29, 0.717) is 5.56 Å². The van der Waals surface area contributed by atoms with Crippen molar-refractivity contribution >= 4 is 27.2 Å². The number of aromatic nitrogens is 1. The van der Waals surface area contributed by atoms with Crippen LogP contribution in [0.5, 0.6) is 0 Å². The van der Waals surface area contributed by atoms with Gasteiger partial charge in [-0.1, -0.05) is 30.3 Å². The minimum absolute atomic E-state index is 0.0576. The number of nitrogens with zero attached hydrogens (tertiary/aromatic N) is 1. The van der Waals surface area contributed by atoms with Crippen LogP contribution in [0.2, 0.25) is 0 Å². The summed E-state index contributed by atoms with van der Waals surface area (Å²) in [4.78, 5) is 28.4. The fourth-order valence-electron chi connectivity index (χ4n) is 2.97. The largest absolute Gasteiger partial charge is 0.501 e. The third-order valence-corrected chi connectivity index (χ3v) is 6.07. The van der Waals surface area contributed by atoms with E-state index in [1.165, 1.54) is 24.4 Å². The molecule has 6 nitrogen and oxygen atoms in total. The number of carbonyl (C=O) groups excluding carboxylic acids is 2. The fraction of sp³-hybridized carbons (Fsp3) is 0.136. The number of sulfone groups is 1. The van der Waals surface area contributed by atoms with Gasteiger partial charge in [-0.25, -0.2) is 8.42 Å². The maximum atomic E-state index is 12.8. The number of benzene rings is 2. The number of anilines is 1. The number of alkyl halides is 3. The molecule has 0 unspecified atom stereocenters. The lowest BCUT2D eigenvalue weighted by Crippen LogP contribution is -2.23. The predicted molar refractivity (Wildman–Crippen MR) is 111 cm³/mol. The zero-order chi connectivity index (χ0) is 23.5. The van der Waals surface area contributed by atoms with Gasteiger partial charge in [0.15, 0.2) is 5.78 Å². The highest BCUT2D eigenvalue weighted by atomic mass is 32.2. The van der Waals surface area contributed by atoms with Crippen LogP contribution in [-0.2, 0) is 16.3 Å². The van der Waals surface area contributed by atoms with Crippen LogP contribution in [0.4, 0.5) is 18.9 Å². The van der Waals surface area contributed by atoms with Crippen LogP contribution in [0.15, 0.2) is 71.8 Å². The molecule has 2 aromatic carbocycles. The quantitative estimate of drug-likeness (QED) is 0.550. The third-order valence-electron chi connectivity index (χ3n) is 4.59. The number of halogens is 3. The summed E-state index contributed by atoms with van der Waals surface area (Å²) in [6.07, 6.45) is 0.923. The van der Waals surface area contributed by atoms with Crippen molar-refractivity contribution in [1.82, 2.24) is 4.98 Å². The molecule has 0 saturated heterocycles. The van der Waals surface area contributed by atoms with E-state index in [0.717, 1.165) is 23.8 Å². The van der Waals surface area contributed by atoms with Gasteiger partial charge in [-0.05, 0) is 48.4 Å². The van der Waals surface area contributed by atoms with Gasteiger partial charge in [0.1, 0.15) is 5.69 Å². The van der Waals surface area contributed by atoms with Gasteiger partial charge in [0.05, 0.1) is 10.6 Å². The Kier molecular flexibility index (Phi) is 6.45. The highest BCUT2D eigenvalue weighted by Crippen LogP contribution is 2.30. The number of rotatable bonds is 6. The second-order valence-electron chi connectivity index (χ2n) is 6.87. The summed E-state index contributed by atoms with van der Waals surface area (Å²) in [5.74, 6) is -1.06. The Morgan fingerprint density at radius 1 is 1.00 bits per heavy atom. The molecule has 32 heavy (non-hydrogen) atoms. The lowest BCUT2D eigenvalue weighted by Gasteiger charge is -2.12. The third kappa shape index (κ3) is 4.86. The number of pyridine rings is 1. The Hall–Kier alpha value is -3.53. The first-order valence-corrected chi connectivity index (χ1v) is 10.7. The van der Waals surface area contributed by atoms with Crippen molar-refractivity contribution in [1.29, 1.82) is 0 Å². The summed E-state index contributed by atoms with van der Waals surface area (Å²) in [6.45, 7) is 1.76. The monoisotopic (exact) mass is 462 g/mol. The number of hydrogen-bond donors (Lipinski definition) is 1. The summed E-state index contributed by atoms with van der Waals surface area (Å²) in [5.41, 5.74) is -4.24. The van der Waals surface area contributed by atoms with Gasteiger partial charge in [-0.2, -0.15) is 13.2 Å². The molecule has 1 aromatic heterocycles. The number of carbonyl (C=O) groups is 2. The molecule has 0 radical (unpaired) electrons. The van der Waals surface area contributed by atoms with Gasteiger partial charge in [0.2, 0.25) is 0 Å². The van der Waals surface area contributed by atoms with Gasteiger partial charge < -0.3 is 5.32 Å². The molecule has 10 heteroatoms. The van der Waals surface area contributed by atoms with E-state index in [2.05, 4.69) is 10.3 Å². The molecule has 1 heterocycles. The highest BCUT2D eigenvalue weighted by molar-refractivity contribution is 7.92. The first-order chi connectivity index (χ1) is 15.0. The Bertz CT molecular complexity index is 1290. The number of hydrogen-bond acceptors (Lipinski definition) is 5. The zero-order valence-electron chi connectivity index (χ0n) is 16.7. The van der Waals surface area contributed by atoms with E-state index >= 15 is 0 Å². The molecular weight excluding hydrogens is 445 g/mol. The lowest BCUT2D eigenvalue weighted by molar-refractivity contribution is -0.0436. The number of nitrogens with one attached hydrogen (secondary N) is 1. The van der Waals surface area contributed by atoms with Crippen molar-refractivity contribution in [3.05, 3.63) is 89.2 Å². The molecule has 1 amide bonds. The minimum atomic E-state index is -5.54. The van der Waals surface area contributed by atoms with Crippen molar-refractivity contribution in [3.8, 4) is 0 Å². The Labute approximate surface area is 182 Å². The lowest BCUT2D eigenvalue weighted by atomic mass is 10.0. The van der Waals surface area contributed by atoms with Gasteiger partial charge in [-0.15, -0.1) is 0 Å². The van der Waals surface area contributed by atoms with Gasteiger partial charge in [-0.3, -0.25) is 14.6 Å². The Morgan fingerprint density at radius 2 is 1.72 bits per heavy atom. The molecule has 0 spiro atoms. The Balaban J connectivity index is 1.85. The van der Waals surface area contributed by atoms with E-state index in [9.17, 15) is 31.2 Å². The normalized spacial score (nSPS) is 11.8. The minimum Gasteiger partial charge on any atom is -0.320 e. The van der Waals surface area contributed by atoms with Crippen molar-refractivity contribution in [2.24, 2.45) is 0 Å². The van der Waals surface area contributed by atoms with E-state index in [4.69, 9.17) is 0 Å². The summed E-state index contributed by atoms with van der Waals surface area (Å²) >= 11 is 0. The van der Waals surface area contributed by atoms with Crippen LogP contribution >= 0.6 is 0 Å². The van der Waals surface area contributed by atoms with Gasteiger partial charge >= 0.3 is 5.51 Å². The molecular formula is C22H17F3N2O4S. The van der Waals surface area contributed by atoms with Crippen molar-refractivity contribution < 1.29 is 31.2 Å². The summed E-state index contributed by atoms with van der Waals surface area (Å²) in [6, 6.07) is 13.9. The van der Waals surface area contributed by atoms with Crippen molar-refractivity contribution in [2.75, 3.05) is 5.32 Å². The molecule has 0 saturated carbocycles. The van der Waals surface area contributed by atoms with Crippen LogP contribution in [0, 0.1) is 6.92 Å². The molecule has 3 rings (SSSR count).